The monoisotopic (exact) mass is 767 g/mol. The van der Waals surface area contributed by atoms with Gasteiger partial charge in [0, 0.05) is 25.6 Å². The van der Waals surface area contributed by atoms with Crippen molar-refractivity contribution in [2.24, 2.45) is 17.8 Å². The van der Waals surface area contributed by atoms with Crippen LogP contribution in [0.3, 0.4) is 0 Å². The van der Waals surface area contributed by atoms with Gasteiger partial charge in [-0.25, -0.2) is 4.79 Å². The summed E-state index contributed by atoms with van der Waals surface area (Å²) in [5, 5.41) is 60.6. The van der Waals surface area contributed by atoms with Gasteiger partial charge in [0.2, 0.25) is 5.91 Å². The van der Waals surface area contributed by atoms with E-state index in [1.54, 1.807) is 53.8 Å². The highest BCUT2D eigenvalue weighted by atomic mass is 16.7. The molecule has 3 rings (SSSR count). The molecule has 2 aliphatic heterocycles. The number of likely N-dealkylation sites (N-methyl/N-ethyl adjacent to an activating group) is 2. The molecule has 1 aromatic rings. The van der Waals surface area contributed by atoms with Gasteiger partial charge in [-0.2, -0.15) is 0 Å². The lowest BCUT2D eigenvalue weighted by Crippen LogP contribution is -2.60. The van der Waals surface area contributed by atoms with E-state index in [0.717, 1.165) is 5.56 Å². The third-order valence-electron chi connectivity index (χ3n) is 11.3. The molecule has 0 spiro atoms. The summed E-state index contributed by atoms with van der Waals surface area (Å²) in [4.78, 5) is 42.2. The summed E-state index contributed by atoms with van der Waals surface area (Å²) in [6.07, 6.45) is -8.50. The minimum Gasteiger partial charge on any atom is -0.459 e. The van der Waals surface area contributed by atoms with Crippen molar-refractivity contribution in [3.05, 3.63) is 35.9 Å². The molecule has 0 unspecified atom stereocenters. The van der Waals surface area contributed by atoms with Crippen LogP contribution >= 0.6 is 0 Å². The van der Waals surface area contributed by atoms with Gasteiger partial charge in [-0.05, 0) is 72.4 Å². The van der Waals surface area contributed by atoms with Crippen LogP contribution in [0, 0.1) is 17.8 Å². The fraction of sp³-hybridized carbons (Fsp3) is 0.769. The molecule has 54 heavy (non-hydrogen) atoms. The lowest BCUT2D eigenvalue weighted by Gasteiger charge is -2.47. The van der Waals surface area contributed by atoms with Crippen LogP contribution in [0.2, 0.25) is 0 Å². The third-order valence-corrected chi connectivity index (χ3v) is 11.3. The summed E-state index contributed by atoms with van der Waals surface area (Å²) in [5.74, 6) is -3.59. The zero-order valence-corrected chi connectivity index (χ0v) is 33.5. The number of carbonyl (C=O) groups excluding carboxylic acids is 3. The number of aliphatic hydroxyl groups excluding tert-OH is 3. The predicted molar refractivity (Wildman–Crippen MR) is 199 cm³/mol. The smallest absolute Gasteiger partial charge is 0.407 e. The van der Waals surface area contributed by atoms with Gasteiger partial charge in [-0.15, -0.1) is 0 Å². The van der Waals surface area contributed by atoms with Gasteiger partial charge in [-0.3, -0.25) is 9.59 Å². The fourth-order valence-corrected chi connectivity index (χ4v) is 7.84. The molecule has 14 atom stereocenters. The quantitative estimate of drug-likeness (QED) is 0.209. The number of hydrogen-bond acceptors (Lipinski definition) is 13. The van der Waals surface area contributed by atoms with E-state index in [4.69, 9.17) is 18.9 Å². The molecule has 1 aromatic carbocycles. The van der Waals surface area contributed by atoms with E-state index in [2.05, 4.69) is 5.32 Å². The van der Waals surface area contributed by atoms with Crippen molar-refractivity contribution >= 4 is 18.0 Å². The van der Waals surface area contributed by atoms with Crippen molar-refractivity contribution in [3.63, 3.8) is 0 Å². The Hall–Kier alpha value is -2.89. The number of aliphatic hydroxyl groups is 5. The molecule has 0 aromatic heterocycles. The molecule has 2 heterocycles. The van der Waals surface area contributed by atoms with Gasteiger partial charge in [-0.1, -0.05) is 51.1 Å². The van der Waals surface area contributed by atoms with Crippen LogP contribution in [-0.2, 0) is 35.1 Å². The summed E-state index contributed by atoms with van der Waals surface area (Å²) < 4.78 is 23.4. The largest absolute Gasteiger partial charge is 0.459 e. The zero-order valence-electron chi connectivity index (χ0n) is 33.5. The average molecular weight is 768 g/mol. The van der Waals surface area contributed by atoms with Gasteiger partial charge in [0.15, 0.2) is 6.29 Å². The Morgan fingerprint density at radius 3 is 2.28 bits per heavy atom. The van der Waals surface area contributed by atoms with Crippen molar-refractivity contribution in [2.75, 3.05) is 27.2 Å². The van der Waals surface area contributed by atoms with Crippen LogP contribution in [0.25, 0.3) is 0 Å². The Balaban J connectivity index is 1.84. The topological polar surface area (TPSA) is 208 Å². The van der Waals surface area contributed by atoms with Crippen LogP contribution in [0.5, 0.6) is 0 Å². The van der Waals surface area contributed by atoms with Crippen LogP contribution in [0.4, 0.5) is 4.79 Å². The number of hydrogen-bond donors (Lipinski definition) is 6. The second kappa shape index (κ2) is 19.3. The molecule has 0 bridgehead atoms. The van der Waals surface area contributed by atoms with E-state index in [1.807, 2.05) is 30.0 Å². The second-order valence-corrected chi connectivity index (χ2v) is 16.1. The minimum absolute atomic E-state index is 0.0308. The number of alkyl carbamates (subject to hydrolysis) is 1. The molecule has 2 aliphatic rings. The first-order valence-electron chi connectivity index (χ1n) is 19.0. The molecule has 6 N–H and O–H groups in total. The molecule has 0 saturated carbocycles. The normalized spacial score (nSPS) is 39.1. The first-order chi connectivity index (χ1) is 25.1. The van der Waals surface area contributed by atoms with Crippen LogP contribution < -0.4 is 5.32 Å². The van der Waals surface area contributed by atoms with E-state index in [-0.39, 0.29) is 38.3 Å². The second-order valence-electron chi connectivity index (χ2n) is 16.1. The van der Waals surface area contributed by atoms with Crippen molar-refractivity contribution in [3.8, 4) is 0 Å². The van der Waals surface area contributed by atoms with Crippen LogP contribution in [0.1, 0.15) is 80.2 Å². The minimum atomic E-state index is -1.81. The summed E-state index contributed by atoms with van der Waals surface area (Å²) in [7, 11) is 3.29. The molecular weight excluding hydrogens is 702 g/mol. The highest BCUT2D eigenvalue weighted by Crippen LogP contribution is 2.36. The summed E-state index contributed by atoms with van der Waals surface area (Å²) >= 11 is 0. The first kappa shape index (κ1) is 45.5. The Labute approximate surface area is 319 Å². The third kappa shape index (κ3) is 11.3. The van der Waals surface area contributed by atoms with E-state index < -0.39 is 96.0 Å². The summed E-state index contributed by atoms with van der Waals surface area (Å²) in [6, 6.07) is 7.71. The van der Waals surface area contributed by atoms with E-state index >= 15 is 0 Å². The SMILES string of the molecule is CC[C@H]1OC(=O)[C@H](C)[C@@H](O)[C@H](C)[C@@H](O[C@@H]2O[C@H](C)C[C@H](N(C)C(=O)CNC(=O)OCc3ccccc3)[C@H]2O)[C@](C)(O)C[C@@H](C)CN(C)[C@H](C)[C@@H](O)[C@]1(C)O. The molecule has 308 valence electrons. The van der Waals surface area contributed by atoms with Gasteiger partial charge >= 0.3 is 12.1 Å². The molecule has 0 aliphatic carbocycles. The highest BCUT2D eigenvalue weighted by molar-refractivity contribution is 5.82. The molecule has 15 heteroatoms. The Morgan fingerprint density at radius 1 is 1.04 bits per heavy atom. The average Bonchev–Trinajstić information content (AvgIpc) is 3.12. The molecular formula is C39H65N3O12. The number of benzene rings is 1. The number of esters is 1. The Bertz CT molecular complexity index is 1370. The highest BCUT2D eigenvalue weighted by Gasteiger charge is 2.50. The molecule has 15 nitrogen and oxygen atoms in total. The Morgan fingerprint density at radius 2 is 1.67 bits per heavy atom. The number of ether oxygens (including phenoxy) is 4. The van der Waals surface area contributed by atoms with Crippen LogP contribution in [0.15, 0.2) is 30.3 Å². The van der Waals surface area contributed by atoms with Crippen LogP contribution in [-0.4, -0.2) is 147 Å². The fourth-order valence-electron chi connectivity index (χ4n) is 7.84. The number of nitrogens with zero attached hydrogens (tertiary/aromatic N) is 2. The molecule has 2 amide bonds. The number of cyclic esters (lactones) is 1. The number of rotatable bonds is 8. The summed E-state index contributed by atoms with van der Waals surface area (Å²) in [5.41, 5.74) is -2.68. The predicted octanol–water partition coefficient (Wildman–Crippen LogP) is 1.80. The van der Waals surface area contributed by atoms with Crippen molar-refractivity contribution in [1.29, 1.82) is 0 Å². The van der Waals surface area contributed by atoms with Gasteiger partial charge in [0.25, 0.3) is 0 Å². The lowest BCUT2D eigenvalue weighted by atomic mass is 9.78. The van der Waals surface area contributed by atoms with Gasteiger partial charge in [0.05, 0.1) is 35.9 Å². The zero-order chi connectivity index (χ0) is 40.7. The Kier molecular flexibility index (Phi) is 16.3. The van der Waals surface area contributed by atoms with E-state index in [0.29, 0.717) is 6.54 Å². The molecule has 0 radical (unpaired) electrons. The first-order valence-corrected chi connectivity index (χ1v) is 19.0. The maximum absolute atomic E-state index is 13.5. The van der Waals surface area contributed by atoms with Crippen molar-refractivity contribution in [2.45, 2.75) is 147 Å². The molecule has 2 saturated heterocycles. The lowest BCUT2D eigenvalue weighted by molar-refractivity contribution is -0.298. The number of amides is 2. The number of nitrogens with one attached hydrogen (secondary N) is 1. The molecule has 2 fully saturated rings. The maximum Gasteiger partial charge on any atom is 0.407 e. The van der Waals surface area contributed by atoms with Gasteiger partial charge in [0.1, 0.15) is 37.1 Å². The van der Waals surface area contributed by atoms with E-state index in [9.17, 15) is 39.9 Å². The maximum atomic E-state index is 13.5. The van der Waals surface area contributed by atoms with Crippen molar-refractivity contribution < 1.29 is 58.9 Å². The van der Waals surface area contributed by atoms with Crippen molar-refractivity contribution in [1.82, 2.24) is 15.1 Å². The van der Waals surface area contributed by atoms with E-state index in [1.165, 1.54) is 25.8 Å². The number of carbonyl (C=O) groups is 3. The van der Waals surface area contributed by atoms with Gasteiger partial charge < -0.3 is 59.6 Å². The standard InChI is InChI=1S/C39H65N3O12/c1-11-29-39(8,50)33(46)26(6)41(9)20-22(2)18-38(7,49)34(24(4)31(44)25(5)35(47)53-29)54-36-32(45)28(17-23(3)52-36)42(10)30(43)19-40-37(48)51-21-27-15-13-12-14-16-27/h12-16,22-26,28-29,31-34,36,44-46,49-50H,11,17-21H2,1-10H3,(H,40,48)/t22-,23-,24+,25-,26-,28+,29-,31+,32-,33-,34-,36+,38-,39-/m1/s1. The summed E-state index contributed by atoms with van der Waals surface area (Å²) in [6.45, 7) is 13.3.